The average Bonchev–Trinajstić information content (AvgIpc) is 3.57. The van der Waals surface area contributed by atoms with Crippen molar-refractivity contribution >= 4 is 5.82 Å². The van der Waals surface area contributed by atoms with E-state index < -0.39 is 0 Å². The molecule has 0 N–H and O–H groups in total. The van der Waals surface area contributed by atoms with Gasteiger partial charge in [0.15, 0.2) is 11.6 Å². The molecule has 10 nitrogen and oxygen atoms in total. The van der Waals surface area contributed by atoms with E-state index in [-0.39, 0.29) is 6.04 Å². The van der Waals surface area contributed by atoms with Gasteiger partial charge < -0.3 is 9.32 Å². The summed E-state index contributed by atoms with van der Waals surface area (Å²) in [5, 5.41) is 8.61. The summed E-state index contributed by atoms with van der Waals surface area (Å²) in [5.41, 5.74) is 0.910. The molecule has 1 aliphatic heterocycles. The number of hydrogen-bond acceptors (Lipinski definition) is 8. The average molecular weight is 403 g/mol. The van der Waals surface area contributed by atoms with Gasteiger partial charge in [0, 0.05) is 18.4 Å². The molecule has 152 valence electrons. The maximum Gasteiger partial charge on any atom is 0.263 e. The van der Waals surface area contributed by atoms with Crippen LogP contribution in [0.25, 0.3) is 23.4 Å². The van der Waals surface area contributed by atoms with Crippen molar-refractivity contribution in [3.8, 4) is 23.4 Å². The lowest BCUT2D eigenvalue weighted by Gasteiger charge is -2.40. The van der Waals surface area contributed by atoms with Crippen molar-refractivity contribution in [3.05, 3.63) is 43.2 Å². The number of rotatable bonds is 4. The Kier molecular flexibility index (Phi) is 3.90. The summed E-state index contributed by atoms with van der Waals surface area (Å²) in [7, 11) is 0. The van der Waals surface area contributed by atoms with Crippen LogP contribution in [0.3, 0.4) is 0 Å². The minimum atomic E-state index is 0.139. The molecule has 0 bridgehead atoms. The molecule has 0 radical (unpaired) electrons. The first kappa shape index (κ1) is 17.3. The fourth-order valence-corrected chi connectivity index (χ4v) is 4.71. The predicted molar refractivity (Wildman–Crippen MR) is 107 cm³/mol. The van der Waals surface area contributed by atoms with Crippen molar-refractivity contribution in [2.24, 2.45) is 0 Å². The van der Waals surface area contributed by atoms with Crippen LogP contribution >= 0.6 is 0 Å². The summed E-state index contributed by atoms with van der Waals surface area (Å²) in [6.45, 7) is 2.19. The molecular formula is C20H21N9O. The first-order chi connectivity index (χ1) is 14.8. The Bertz CT molecular complexity index is 1170. The number of fused-ring (bicyclic) bond motifs is 3. The van der Waals surface area contributed by atoms with Crippen LogP contribution in [0.5, 0.6) is 0 Å². The van der Waals surface area contributed by atoms with Gasteiger partial charge in [0.25, 0.3) is 5.89 Å². The summed E-state index contributed by atoms with van der Waals surface area (Å²) in [6, 6.07) is 0.579. The Labute approximate surface area is 172 Å². The molecule has 4 aromatic heterocycles. The zero-order chi connectivity index (χ0) is 20.1. The second kappa shape index (κ2) is 6.75. The van der Waals surface area contributed by atoms with Crippen molar-refractivity contribution in [2.45, 2.75) is 51.1 Å². The lowest BCUT2D eigenvalue weighted by molar-refractivity contribution is 0.468. The Balaban J connectivity index is 1.52. The van der Waals surface area contributed by atoms with Crippen LogP contribution < -0.4 is 4.90 Å². The highest BCUT2D eigenvalue weighted by atomic mass is 16.3. The number of imidazole rings is 1. The molecule has 1 fully saturated rings. The normalized spacial score (nSPS) is 18.6. The van der Waals surface area contributed by atoms with E-state index in [2.05, 4.69) is 37.0 Å². The smallest absolute Gasteiger partial charge is 0.263 e. The second-order valence-electron chi connectivity index (χ2n) is 7.67. The highest BCUT2D eigenvalue weighted by Crippen LogP contribution is 2.42. The van der Waals surface area contributed by atoms with Gasteiger partial charge in [-0.3, -0.25) is 9.13 Å². The fourth-order valence-electron chi connectivity index (χ4n) is 4.71. The van der Waals surface area contributed by atoms with Crippen LogP contribution in [-0.4, -0.2) is 45.3 Å². The van der Waals surface area contributed by atoms with Gasteiger partial charge in [-0.05, 0) is 19.3 Å². The third kappa shape index (κ3) is 2.49. The molecule has 6 rings (SSSR count). The number of anilines is 1. The number of hydrogen-bond donors (Lipinski definition) is 0. The SMILES string of the molecule is CC[C@@H]1c2nncn2-c2cnc(-n3ccnc3-c3ncco3)nc2N1C1CCCC1. The maximum absolute atomic E-state index is 5.44. The van der Waals surface area contributed by atoms with Crippen molar-refractivity contribution < 1.29 is 4.42 Å². The fraction of sp³-hybridized carbons (Fsp3) is 0.400. The molecule has 0 saturated heterocycles. The first-order valence-corrected chi connectivity index (χ1v) is 10.3. The standard InChI is InChI=1S/C20H21N9O/c1-2-14-17-26-24-12-28(17)15-11-23-20(25-16(15)29(14)13-5-3-4-6-13)27-9-7-21-18(27)19-22-8-10-30-19/h7-14H,2-6H2,1H3/t14-/m1/s1. The van der Waals surface area contributed by atoms with E-state index in [1.165, 1.54) is 19.1 Å². The predicted octanol–water partition coefficient (Wildman–Crippen LogP) is 3.11. The van der Waals surface area contributed by atoms with Crippen molar-refractivity contribution in [2.75, 3.05) is 4.90 Å². The van der Waals surface area contributed by atoms with Crippen molar-refractivity contribution in [1.82, 2.24) is 39.3 Å². The zero-order valence-electron chi connectivity index (χ0n) is 16.6. The largest absolute Gasteiger partial charge is 0.442 e. The van der Waals surface area contributed by atoms with Crippen LogP contribution in [0, 0.1) is 0 Å². The van der Waals surface area contributed by atoms with Crippen molar-refractivity contribution in [3.63, 3.8) is 0 Å². The van der Waals surface area contributed by atoms with E-state index in [0.29, 0.717) is 23.7 Å². The molecular weight excluding hydrogens is 382 g/mol. The van der Waals surface area contributed by atoms with Gasteiger partial charge in [-0.2, -0.15) is 4.98 Å². The molecule has 0 amide bonds. The third-order valence-corrected chi connectivity index (χ3v) is 6.03. The van der Waals surface area contributed by atoms with Gasteiger partial charge in [-0.15, -0.1) is 10.2 Å². The van der Waals surface area contributed by atoms with E-state index in [1.54, 1.807) is 18.7 Å². The van der Waals surface area contributed by atoms with Gasteiger partial charge in [0.2, 0.25) is 11.8 Å². The number of aromatic nitrogens is 8. The molecule has 1 atom stereocenters. The Hall–Kier alpha value is -3.56. The van der Waals surface area contributed by atoms with E-state index in [0.717, 1.165) is 36.6 Å². The molecule has 0 unspecified atom stereocenters. The van der Waals surface area contributed by atoms with Crippen LogP contribution in [0.15, 0.2) is 41.8 Å². The second-order valence-corrected chi connectivity index (χ2v) is 7.67. The minimum absolute atomic E-state index is 0.139. The van der Waals surface area contributed by atoms with Crippen LogP contribution in [-0.2, 0) is 0 Å². The van der Waals surface area contributed by atoms with E-state index in [9.17, 15) is 0 Å². The van der Waals surface area contributed by atoms with Gasteiger partial charge in [-0.1, -0.05) is 19.8 Å². The molecule has 2 aliphatic rings. The highest BCUT2D eigenvalue weighted by molar-refractivity contribution is 5.63. The van der Waals surface area contributed by atoms with Gasteiger partial charge in [0.05, 0.1) is 18.4 Å². The first-order valence-electron chi connectivity index (χ1n) is 10.3. The van der Waals surface area contributed by atoms with Gasteiger partial charge >= 0.3 is 0 Å². The van der Waals surface area contributed by atoms with Gasteiger partial charge in [0.1, 0.15) is 18.3 Å². The summed E-state index contributed by atoms with van der Waals surface area (Å²) in [6.07, 6.45) is 16.0. The topological polar surface area (TPSA) is 104 Å². The monoisotopic (exact) mass is 403 g/mol. The quantitative estimate of drug-likeness (QED) is 0.512. The maximum atomic E-state index is 5.44. The molecule has 1 aliphatic carbocycles. The lowest BCUT2D eigenvalue weighted by Crippen LogP contribution is -2.42. The zero-order valence-corrected chi connectivity index (χ0v) is 16.6. The molecule has 4 aromatic rings. The summed E-state index contributed by atoms with van der Waals surface area (Å²) in [4.78, 5) is 20.7. The van der Waals surface area contributed by atoms with Crippen molar-refractivity contribution in [1.29, 1.82) is 0 Å². The Morgan fingerprint density at radius 3 is 2.80 bits per heavy atom. The molecule has 1 saturated carbocycles. The van der Waals surface area contributed by atoms with E-state index >= 15 is 0 Å². The lowest BCUT2D eigenvalue weighted by atomic mass is 10.0. The minimum Gasteiger partial charge on any atom is -0.442 e. The highest BCUT2D eigenvalue weighted by Gasteiger charge is 2.38. The summed E-state index contributed by atoms with van der Waals surface area (Å²) < 4.78 is 9.27. The molecule has 0 spiro atoms. The number of nitrogens with zero attached hydrogens (tertiary/aromatic N) is 9. The molecule has 5 heterocycles. The van der Waals surface area contributed by atoms with Crippen LogP contribution in [0.1, 0.15) is 50.9 Å². The Morgan fingerprint density at radius 2 is 2.00 bits per heavy atom. The van der Waals surface area contributed by atoms with E-state index in [1.807, 2.05) is 21.5 Å². The van der Waals surface area contributed by atoms with E-state index in [4.69, 9.17) is 9.40 Å². The van der Waals surface area contributed by atoms with Crippen LogP contribution in [0.4, 0.5) is 5.82 Å². The molecule has 30 heavy (non-hydrogen) atoms. The molecule has 0 aromatic carbocycles. The Morgan fingerprint density at radius 1 is 1.10 bits per heavy atom. The van der Waals surface area contributed by atoms with Gasteiger partial charge in [-0.25, -0.2) is 15.0 Å². The molecule has 10 heteroatoms. The summed E-state index contributed by atoms with van der Waals surface area (Å²) >= 11 is 0. The van der Waals surface area contributed by atoms with Crippen LogP contribution in [0.2, 0.25) is 0 Å². The summed E-state index contributed by atoms with van der Waals surface area (Å²) in [5.74, 6) is 3.41. The third-order valence-electron chi connectivity index (χ3n) is 6.03. The number of oxazole rings is 1.